The number of hydrogen-bond acceptors (Lipinski definition) is 7. The molecule has 0 spiro atoms. The van der Waals surface area contributed by atoms with Gasteiger partial charge in [-0.2, -0.15) is 0 Å². The van der Waals surface area contributed by atoms with Crippen molar-refractivity contribution in [3.05, 3.63) is 40.3 Å². The third kappa shape index (κ3) is 4.84. The van der Waals surface area contributed by atoms with E-state index in [-0.39, 0.29) is 35.4 Å². The van der Waals surface area contributed by atoms with Gasteiger partial charge in [0.05, 0.1) is 24.1 Å². The summed E-state index contributed by atoms with van der Waals surface area (Å²) in [6, 6.07) is 4.41. The Bertz CT molecular complexity index is 920. The second kappa shape index (κ2) is 8.35. The normalized spacial score (nSPS) is 10.7. The molecule has 9 nitrogen and oxygen atoms in total. The van der Waals surface area contributed by atoms with Crippen LogP contribution in [0, 0.1) is 0 Å². The Labute approximate surface area is 155 Å². The summed E-state index contributed by atoms with van der Waals surface area (Å²) in [5.74, 6) is -1.71. The lowest BCUT2D eigenvalue weighted by Crippen LogP contribution is -2.30. The van der Waals surface area contributed by atoms with Crippen LogP contribution in [0.5, 0.6) is 0 Å². The molecule has 144 valence electrons. The highest BCUT2D eigenvalue weighted by molar-refractivity contribution is 5.92. The van der Waals surface area contributed by atoms with Crippen LogP contribution in [0.25, 0.3) is 11.3 Å². The molecule has 0 fully saturated rings. The number of aliphatic carboxylic acids is 1. The van der Waals surface area contributed by atoms with E-state index in [1.54, 1.807) is 6.92 Å². The Morgan fingerprint density at radius 3 is 2.63 bits per heavy atom. The van der Waals surface area contributed by atoms with E-state index in [1.807, 2.05) is 13.8 Å². The first-order valence-corrected chi connectivity index (χ1v) is 8.39. The number of nitrogens with one attached hydrogen (secondary N) is 1. The van der Waals surface area contributed by atoms with Crippen molar-refractivity contribution in [3.8, 4) is 11.3 Å². The van der Waals surface area contributed by atoms with Gasteiger partial charge >= 0.3 is 11.9 Å². The molecular formula is C18H22N4O5. The Kier molecular flexibility index (Phi) is 6.17. The smallest absolute Gasteiger partial charge is 0.338 e. The number of carbonyl (C=O) groups is 2. The van der Waals surface area contributed by atoms with Gasteiger partial charge in [-0.15, -0.1) is 0 Å². The van der Waals surface area contributed by atoms with Crippen LogP contribution in [0.15, 0.2) is 29.2 Å². The van der Waals surface area contributed by atoms with Crippen LogP contribution in [-0.4, -0.2) is 39.2 Å². The number of esters is 1. The maximum Gasteiger partial charge on any atom is 0.338 e. The first kappa shape index (κ1) is 20.0. The van der Waals surface area contributed by atoms with Crippen LogP contribution in [0.3, 0.4) is 0 Å². The minimum absolute atomic E-state index is 0.0459. The van der Waals surface area contributed by atoms with Crippen LogP contribution in [-0.2, 0) is 16.1 Å². The second-order valence-electron chi connectivity index (χ2n) is 6.14. The number of rotatable bonds is 7. The molecule has 0 aliphatic rings. The molecule has 1 heterocycles. The maximum atomic E-state index is 12.7. The van der Waals surface area contributed by atoms with Crippen molar-refractivity contribution in [2.75, 3.05) is 17.7 Å². The van der Waals surface area contributed by atoms with E-state index in [1.165, 1.54) is 24.4 Å². The number of anilines is 2. The summed E-state index contributed by atoms with van der Waals surface area (Å²) in [5, 5.41) is 12.1. The highest BCUT2D eigenvalue weighted by Crippen LogP contribution is 2.23. The molecular weight excluding hydrogens is 352 g/mol. The Morgan fingerprint density at radius 1 is 1.33 bits per heavy atom. The Balaban J connectivity index is 2.63. The van der Waals surface area contributed by atoms with E-state index in [2.05, 4.69) is 10.3 Å². The van der Waals surface area contributed by atoms with E-state index in [0.29, 0.717) is 5.56 Å². The number of hydrogen-bond donors (Lipinski definition) is 3. The van der Waals surface area contributed by atoms with Crippen molar-refractivity contribution in [2.45, 2.75) is 33.4 Å². The minimum Gasteiger partial charge on any atom is -0.480 e. The molecule has 2 aromatic rings. The van der Waals surface area contributed by atoms with Gasteiger partial charge in [-0.3, -0.25) is 14.2 Å². The number of nitrogens with zero attached hydrogens (tertiary/aromatic N) is 2. The third-order valence-corrected chi connectivity index (χ3v) is 3.54. The Morgan fingerprint density at radius 2 is 2.04 bits per heavy atom. The van der Waals surface area contributed by atoms with Gasteiger partial charge in [0, 0.05) is 17.3 Å². The van der Waals surface area contributed by atoms with E-state index < -0.39 is 24.0 Å². The number of aromatic nitrogens is 2. The average Bonchev–Trinajstić information content (AvgIpc) is 2.57. The summed E-state index contributed by atoms with van der Waals surface area (Å²) < 4.78 is 6.05. The number of nitrogen functional groups attached to an aromatic ring is 1. The van der Waals surface area contributed by atoms with E-state index in [9.17, 15) is 19.5 Å². The first-order chi connectivity index (χ1) is 12.7. The average molecular weight is 374 g/mol. The van der Waals surface area contributed by atoms with Gasteiger partial charge in [0.25, 0.3) is 5.56 Å². The zero-order valence-corrected chi connectivity index (χ0v) is 15.4. The molecule has 2 rings (SSSR count). The molecule has 0 bridgehead atoms. The van der Waals surface area contributed by atoms with Crippen LogP contribution in [0.1, 0.15) is 31.1 Å². The van der Waals surface area contributed by atoms with Gasteiger partial charge in [0.1, 0.15) is 6.54 Å². The topological polar surface area (TPSA) is 137 Å². The number of ether oxygens (including phenoxy) is 1. The van der Waals surface area contributed by atoms with E-state index in [0.717, 1.165) is 4.57 Å². The molecule has 1 aromatic heterocycles. The van der Waals surface area contributed by atoms with Crippen molar-refractivity contribution in [1.29, 1.82) is 0 Å². The van der Waals surface area contributed by atoms with Gasteiger partial charge in [0.15, 0.2) is 5.82 Å². The maximum absolute atomic E-state index is 12.7. The molecule has 1 aromatic carbocycles. The van der Waals surface area contributed by atoms with Gasteiger partial charge in [-0.25, -0.2) is 9.78 Å². The summed E-state index contributed by atoms with van der Waals surface area (Å²) in [6.07, 6.45) is 1.37. The standard InChI is InChI=1S/C18H22N4O5/c1-4-27-18(26)12-5-11(6-13(19)7-12)14-8-20-16(21-10(2)3)17(25)22(14)9-15(23)24/h5-8,10H,4,9,19H2,1-3H3,(H,20,21)(H,23,24). The summed E-state index contributed by atoms with van der Waals surface area (Å²) in [6.45, 7) is 4.98. The van der Waals surface area contributed by atoms with Crippen molar-refractivity contribution < 1.29 is 19.4 Å². The molecule has 9 heteroatoms. The largest absolute Gasteiger partial charge is 0.480 e. The zero-order valence-electron chi connectivity index (χ0n) is 15.4. The summed E-state index contributed by atoms with van der Waals surface area (Å²) in [7, 11) is 0. The van der Waals surface area contributed by atoms with Crippen molar-refractivity contribution in [3.63, 3.8) is 0 Å². The van der Waals surface area contributed by atoms with Gasteiger partial charge in [0.2, 0.25) is 0 Å². The fourth-order valence-corrected chi connectivity index (χ4v) is 2.51. The number of carbonyl (C=O) groups excluding carboxylic acids is 1. The predicted octanol–water partition coefficient (Wildman–Crippen LogP) is 1.57. The quantitative estimate of drug-likeness (QED) is 0.491. The predicted molar refractivity (Wildman–Crippen MR) is 101 cm³/mol. The lowest BCUT2D eigenvalue weighted by molar-refractivity contribution is -0.137. The molecule has 0 atom stereocenters. The summed E-state index contributed by atoms with van der Waals surface area (Å²) in [5.41, 5.74) is 6.38. The van der Waals surface area contributed by atoms with E-state index >= 15 is 0 Å². The van der Waals surface area contributed by atoms with Crippen LogP contribution in [0.2, 0.25) is 0 Å². The summed E-state index contributed by atoms with van der Waals surface area (Å²) >= 11 is 0. The molecule has 0 amide bonds. The van der Waals surface area contributed by atoms with Crippen LogP contribution < -0.4 is 16.6 Å². The molecule has 0 aliphatic heterocycles. The highest BCUT2D eigenvalue weighted by Gasteiger charge is 2.17. The van der Waals surface area contributed by atoms with Crippen molar-refractivity contribution in [2.24, 2.45) is 0 Å². The van der Waals surface area contributed by atoms with Crippen molar-refractivity contribution >= 4 is 23.4 Å². The minimum atomic E-state index is -1.19. The zero-order chi connectivity index (χ0) is 20.1. The number of nitrogens with two attached hydrogens (primary N) is 1. The first-order valence-electron chi connectivity index (χ1n) is 8.39. The lowest BCUT2D eigenvalue weighted by atomic mass is 10.1. The number of carboxylic acid groups (broad SMARTS) is 1. The van der Waals surface area contributed by atoms with Crippen molar-refractivity contribution in [1.82, 2.24) is 9.55 Å². The summed E-state index contributed by atoms with van der Waals surface area (Å²) in [4.78, 5) is 40.1. The number of carboxylic acids is 1. The molecule has 0 aliphatic carbocycles. The van der Waals surface area contributed by atoms with Crippen LogP contribution >= 0.6 is 0 Å². The fourth-order valence-electron chi connectivity index (χ4n) is 2.51. The number of benzene rings is 1. The molecule has 27 heavy (non-hydrogen) atoms. The van der Waals surface area contributed by atoms with Crippen LogP contribution in [0.4, 0.5) is 11.5 Å². The molecule has 0 radical (unpaired) electrons. The van der Waals surface area contributed by atoms with Gasteiger partial charge < -0.3 is 20.9 Å². The molecule has 0 saturated heterocycles. The Hall–Kier alpha value is -3.36. The lowest BCUT2D eigenvalue weighted by Gasteiger charge is -2.15. The fraction of sp³-hybridized carbons (Fsp3) is 0.333. The van der Waals surface area contributed by atoms with E-state index in [4.69, 9.17) is 10.5 Å². The second-order valence-corrected chi connectivity index (χ2v) is 6.14. The monoisotopic (exact) mass is 374 g/mol. The molecule has 4 N–H and O–H groups in total. The van der Waals surface area contributed by atoms with Gasteiger partial charge in [-0.1, -0.05) is 0 Å². The molecule has 0 unspecified atom stereocenters. The molecule has 0 saturated carbocycles. The third-order valence-electron chi connectivity index (χ3n) is 3.54. The highest BCUT2D eigenvalue weighted by atomic mass is 16.5. The van der Waals surface area contributed by atoms with Gasteiger partial charge in [-0.05, 0) is 39.0 Å². The SMILES string of the molecule is CCOC(=O)c1cc(N)cc(-c2cnc(NC(C)C)c(=O)n2CC(=O)O)c1.